The highest BCUT2D eigenvalue weighted by molar-refractivity contribution is 14.0. The molecule has 1 fully saturated rings. The van der Waals surface area contributed by atoms with E-state index in [2.05, 4.69) is 20.9 Å². The topological polar surface area (TPSA) is 84.0 Å². The predicted octanol–water partition coefficient (Wildman–Crippen LogP) is 2.55. The first-order valence-corrected chi connectivity index (χ1v) is 9.65. The van der Waals surface area contributed by atoms with Crippen molar-refractivity contribution in [2.24, 2.45) is 10.9 Å². The lowest BCUT2D eigenvalue weighted by atomic mass is 9.85. The third kappa shape index (κ3) is 8.53. The Kier molecular flexibility index (Phi) is 11.7. The molecule has 8 heteroatoms. The van der Waals surface area contributed by atoms with Gasteiger partial charge in [-0.25, -0.2) is 0 Å². The van der Waals surface area contributed by atoms with Crippen molar-refractivity contribution in [3.8, 4) is 11.5 Å². The van der Waals surface area contributed by atoms with Crippen LogP contribution in [0.5, 0.6) is 11.5 Å². The number of rotatable bonds is 10. The van der Waals surface area contributed by atoms with Crippen LogP contribution in [0.2, 0.25) is 0 Å². The van der Waals surface area contributed by atoms with Gasteiger partial charge in [-0.1, -0.05) is 12.5 Å². The van der Waals surface area contributed by atoms with Gasteiger partial charge in [-0.15, -0.1) is 24.0 Å². The first kappa shape index (κ1) is 24.3. The molecule has 158 valence electrons. The zero-order valence-electron chi connectivity index (χ0n) is 17.0. The van der Waals surface area contributed by atoms with Crippen LogP contribution in [-0.4, -0.2) is 51.8 Å². The van der Waals surface area contributed by atoms with Crippen molar-refractivity contribution < 1.29 is 14.3 Å². The number of nitrogens with one attached hydrogen (secondary N) is 3. The summed E-state index contributed by atoms with van der Waals surface area (Å²) in [6.07, 6.45) is 4.08. The molecule has 3 N–H and O–H groups in total. The summed E-state index contributed by atoms with van der Waals surface area (Å²) in [7, 11) is 3.37. The van der Waals surface area contributed by atoms with E-state index in [1.807, 2.05) is 31.2 Å². The Bertz CT molecular complexity index is 623. The van der Waals surface area contributed by atoms with E-state index in [0.29, 0.717) is 13.1 Å². The Balaban J connectivity index is 0.00000392. The summed E-state index contributed by atoms with van der Waals surface area (Å²) >= 11 is 0. The largest absolute Gasteiger partial charge is 0.497 e. The van der Waals surface area contributed by atoms with Crippen molar-refractivity contribution >= 4 is 35.8 Å². The van der Waals surface area contributed by atoms with Crippen LogP contribution in [0.3, 0.4) is 0 Å². The number of guanidine groups is 1. The molecule has 1 aromatic rings. The van der Waals surface area contributed by atoms with Gasteiger partial charge in [0.05, 0.1) is 13.7 Å². The van der Waals surface area contributed by atoms with E-state index in [4.69, 9.17) is 9.47 Å². The summed E-state index contributed by atoms with van der Waals surface area (Å²) in [4.78, 5) is 16.0. The van der Waals surface area contributed by atoms with E-state index in [9.17, 15) is 4.79 Å². The van der Waals surface area contributed by atoms with E-state index < -0.39 is 0 Å². The van der Waals surface area contributed by atoms with Crippen molar-refractivity contribution in [1.29, 1.82) is 0 Å². The second-order valence-electron chi connectivity index (χ2n) is 6.76. The quantitative estimate of drug-likeness (QED) is 0.198. The summed E-state index contributed by atoms with van der Waals surface area (Å²) in [6, 6.07) is 7.56. The molecule has 0 spiro atoms. The Hall–Kier alpha value is -1.71. The third-order valence-electron chi connectivity index (χ3n) is 4.58. The van der Waals surface area contributed by atoms with E-state index in [0.717, 1.165) is 43.3 Å². The van der Waals surface area contributed by atoms with Gasteiger partial charge in [-0.3, -0.25) is 9.79 Å². The summed E-state index contributed by atoms with van der Waals surface area (Å²) in [6.45, 7) is 4.05. The van der Waals surface area contributed by atoms with Crippen LogP contribution in [-0.2, 0) is 4.79 Å². The molecule has 28 heavy (non-hydrogen) atoms. The van der Waals surface area contributed by atoms with Gasteiger partial charge in [0.25, 0.3) is 0 Å². The standard InChI is InChI=1S/C20H32N4O3.HI/c1-15(27-18-10-5-9-17(13-18)26-3)14-24-20(21-2)23-12-6-11-22-19(25)16-7-4-8-16;/h5,9-10,13,15-16H,4,6-8,11-12,14H2,1-3H3,(H,22,25)(H2,21,23,24);1H. The molecule has 0 aliphatic heterocycles. The Labute approximate surface area is 185 Å². The molecule has 0 heterocycles. The average molecular weight is 504 g/mol. The summed E-state index contributed by atoms with van der Waals surface area (Å²) in [5.41, 5.74) is 0. The minimum absolute atomic E-state index is 0. The second-order valence-corrected chi connectivity index (χ2v) is 6.76. The Morgan fingerprint density at radius 2 is 1.93 bits per heavy atom. The summed E-state index contributed by atoms with van der Waals surface area (Å²) in [5, 5.41) is 9.49. The van der Waals surface area contributed by atoms with Gasteiger partial charge in [0.2, 0.25) is 5.91 Å². The molecule has 1 atom stereocenters. The van der Waals surface area contributed by atoms with E-state index in [1.54, 1.807) is 14.2 Å². The molecular weight excluding hydrogens is 471 g/mol. The molecule has 0 aromatic heterocycles. The monoisotopic (exact) mass is 504 g/mol. The normalized spacial score (nSPS) is 14.9. The second kappa shape index (κ2) is 13.5. The van der Waals surface area contributed by atoms with Crippen LogP contribution in [0.1, 0.15) is 32.6 Å². The molecule has 1 aliphatic carbocycles. The molecule has 2 rings (SSSR count). The van der Waals surface area contributed by atoms with E-state index in [1.165, 1.54) is 6.42 Å². The number of carbonyl (C=O) groups is 1. The van der Waals surface area contributed by atoms with Crippen molar-refractivity contribution in [2.45, 2.75) is 38.7 Å². The fourth-order valence-corrected chi connectivity index (χ4v) is 2.73. The summed E-state index contributed by atoms with van der Waals surface area (Å²) in [5.74, 6) is 2.72. The fraction of sp³-hybridized carbons (Fsp3) is 0.600. The highest BCUT2D eigenvalue weighted by Gasteiger charge is 2.24. The number of hydrogen-bond donors (Lipinski definition) is 3. The van der Waals surface area contributed by atoms with Gasteiger partial charge < -0.3 is 25.4 Å². The van der Waals surface area contributed by atoms with Gasteiger partial charge in [0.15, 0.2) is 5.96 Å². The maximum absolute atomic E-state index is 11.8. The van der Waals surface area contributed by atoms with Gasteiger partial charge in [0, 0.05) is 32.1 Å². The molecule has 0 radical (unpaired) electrons. The van der Waals surface area contributed by atoms with Crippen LogP contribution >= 0.6 is 24.0 Å². The fourth-order valence-electron chi connectivity index (χ4n) is 2.73. The first-order valence-electron chi connectivity index (χ1n) is 9.65. The van der Waals surface area contributed by atoms with Gasteiger partial charge in [-0.05, 0) is 38.3 Å². The molecule has 1 unspecified atom stereocenters. The number of amides is 1. The number of hydrogen-bond acceptors (Lipinski definition) is 4. The van der Waals surface area contributed by atoms with Gasteiger partial charge in [-0.2, -0.15) is 0 Å². The minimum atomic E-state index is -0.0302. The molecule has 7 nitrogen and oxygen atoms in total. The predicted molar refractivity (Wildman–Crippen MR) is 123 cm³/mol. The smallest absolute Gasteiger partial charge is 0.223 e. The van der Waals surface area contributed by atoms with Crippen molar-refractivity contribution in [3.63, 3.8) is 0 Å². The van der Waals surface area contributed by atoms with Crippen molar-refractivity contribution in [1.82, 2.24) is 16.0 Å². The van der Waals surface area contributed by atoms with Crippen LogP contribution in [0.25, 0.3) is 0 Å². The molecule has 1 aliphatic rings. The molecule has 1 amide bonds. The van der Waals surface area contributed by atoms with Gasteiger partial charge >= 0.3 is 0 Å². The number of halogens is 1. The molecule has 0 saturated heterocycles. The lowest BCUT2D eigenvalue weighted by Gasteiger charge is -2.24. The van der Waals surface area contributed by atoms with Crippen molar-refractivity contribution in [3.05, 3.63) is 24.3 Å². The average Bonchev–Trinajstić information content (AvgIpc) is 2.62. The Morgan fingerprint density at radius 1 is 1.21 bits per heavy atom. The minimum Gasteiger partial charge on any atom is -0.497 e. The third-order valence-corrected chi connectivity index (χ3v) is 4.58. The Morgan fingerprint density at radius 3 is 2.57 bits per heavy atom. The molecule has 0 bridgehead atoms. The van der Waals surface area contributed by atoms with E-state index >= 15 is 0 Å². The number of methoxy groups -OCH3 is 1. The van der Waals surface area contributed by atoms with Gasteiger partial charge in [0.1, 0.15) is 17.6 Å². The number of benzene rings is 1. The lowest BCUT2D eigenvalue weighted by molar-refractivity contribution is -0.127. The maximum Gasteiger partial charge on any atom is 0.223 e. The number of nitrogens with zero attached hydrogens (tertiary/aromatic N) is 1. The van der Waals surface area contributed by atoms with Crippen LogP contribution in [0.4, 0.5) is 0 Å². The highest BCUT2D eigenvalue weighted by atomic mass is 127. The number of aliphatic imine (C=N–C) groups is 1. The number of carbonyl (C=O) groups excluding carboxylic acids is 1. The highest BCUT2D eigenvalue weighted by Crippen LogP contribution is 2.26. The van der Waals surface area contributed by atoms with Crippen LogP contribution < -0.4 is 25.4 Å². The number of ether oxygens (including phenoxy) is 2. The summed E-state index contributed by atoms with van der Waals surface area (Å²) < 4.78 is 11.1. The van der Waals surface area contributed by atoms with Crippen LogP contribution in [0.15, 0.2) is 29.3 Å². The maximum atomic E-state index is 11.8. The van der Waals surface area contributed by atoms with Crippen molar-refractivity contribution in [2.75, 3.05) is 33.8 Å². The molecule has 1 aromatic carbocycles. The zero-order chi connectivity index (χ0) is 19.5. The zero-order valence-corrected chi connectivity index (χ0v) is 19.3. The SMILES string of the molecule is CN=C(NCCCNC(=O)C1CCC1)NCC(C)Oc1cccc(OC)c1.I. The molecular formula is C20H33IN4O3. The van der Waals surface area contributed by atoms with Crippen LogP contribution in [0, 0.1) is 5.92 Å². The first-order chi connectivity index (χ1) is 13.1. The molecule has 1 saturated carbocycles. The van der Waals surface area contributed by atoms with E-state index in [-0.39, 0.29) is 41.9 Å². The lowest BCUT2D eigenvalue weighted by Crippen LogP contribution is -2.43.